The SMILES string of the molecule is CC1(C)CCCN1C(=O)c1cc2ccccc2cc1O. The first-order valence-corrected chi connectivity index (χ1v) is 7.03. The molecule has 1 saturated heterocycles. The fourth-order valence-electron chi connectivity index (χ4n) is 3.03. The maximum atomic E-state index is 12.7. The van der Waals surface area contributed by atoms with Crippen molar-refractivity contribution in [1.29, 1.82) is 0 Å². The van der Waals surface area contributed by atoms with Crippen LogP contribution in [0.15, 0.2) is 36.4 Å². The molecule has 1 aliphatic rings. The third-order valence-corrected chi connectivity index (χ3v) is 4.24. The predicted molar refractivity (Wildman–Crippen MR) is 80.0 cm³/mol. The normalized spacial score (nSPS) is 17.6. The highest BCUT2D eigenvalue weighted by Crippen LogP contribution is 2.33. The molecule has 3 heteroatoms. The number of rotatable bonds is 1. The summed E-state index contributed by atoms with van der Waals surface area (Å²) < 4.78 is 0. The summed E-state index contributed by atoms with van der Waals surface area (Å²) in [6, 6.07) is 11.2. The maximum absolute atomic E-state index is 12.7. The number of fused-ring (bicyclic) bond motifs is 1. The minimum absolute atomic E-state index is 0.0661. The molecule has 0 unspecified atom stereocenters. The lowest BCUT2D eigenvalue weighted by Crippen LogP contribution is -2.42. The van der Waals surface area contributed by atoms with E-state index in [1.54, 1.807) is 12.1 Å². The van der Waals surface area contributed by atoms with Crippen LogP contribution >= 0.6 is 0 Å². The van der Waals surface area contributed by atoms with E-state index in [-0.39, 0.29) is 17.2 Å². The zero-order chi connectivity index (χ0) is 14.3. The van der Waals surface area contributed by atoms with Crippen LogP contribution in [0, 0.1) is 0 Å². The number of nitrogens with zero attached hydrogens (tertiary/aromatic N) is 1. The maximum Gasteiger partial charge on any atom is 0.258 e. The highest BCUT2D eigenvalue weighted by atomic mass is 16.3. The number of phenolic OH excluding ortho intramolecular Hbond substituents is 1. The molecule has 2 aromatic carbocycles. The number of carbonyl (C=O) groups excluding carboxylic acids is 1. The van der Waals surface area contributed by atoms with Gasteiger partial charge < -0.3 is 10.0 Å². The second kappa shape index (κ2) is 4.51. The van der Waals surface area contributed by atoms with Gasteiger partial charge in [-0.1, -0.05) is 24.3 Å². The van der Waals surface area contributed by atoms with Crippen LogP contribution in [0.5, 0.6) is 5.75 Å². The summed E-state index contributed by atoms with van der Waals surface area (Å²) in [6.07, 6.45) is 2.03. The first kappa shape index (κ1) is 13.0. The van der Waals surface area contributed by atoms with E-state index in [4.69, 9.17) is 0 Å². The van der Waals surface area contributed by atoms with Gasteiger partial charge in [0.2, 0.25) is 0 Å². The fraction of sp³-hybridized carbons (Fsp3) is 0.353. The monoisotopic (exact) mass is 269 g/mol. The van der Waals surface area contributed by atoms with Gasteiger partial charge in [0.05, 0.1) is 5.56 Å². The molecule has 104 valence electrons. The summed E-state index contributed by atoms with van der Waals surface area (Å²) in [5.41, 5.74) is 0.272. The summed E-state index contributed by atoms with van der Waals surface area (Å²) in [5, 5.41) is 12.1. The van der Waals surface area contributed by atoms with Crippen LogP contribution in [0.25, 0.3) is 10.8 Å². The molecular weight excluding hydrogens is 250 g/mol. The third-order valence-electron chi connectivity index (χ3n) is 4.24. The van der Waals surface area contributed by atoms with Gasteiger partial charge in [-0.3, -0.25) is 4.79 Å². The first-order valence-electron chi connectivity index (χ1n) is 7.03. The van der Waals surface area contributed by atoms with E-state index in [0.29, 0.717) is 5.56 Å². The van der Waals surface area contributed by atoms with E-state index in [0.717, 1.165) is 30.2 Å². The van der Waals surface area contributed by atoms with Gasteiger partial charge in [0.25, 0.3) is 5.91 Å². The molecule has 1 aliphatic heterocycles. The van der Waals surface area contributed by atoms with Crippen molar-refractivity contribution >= 4 is 16.7 Å². The molecule has 1 amide bonds. The largest absolute Gasteiger partial charge is 0.507 e. The van der Waals surface area contributed by atoms with Gasteiger partial charge in [0.1, 0.15) is 5.75 Å². The minimum Gasteiger partial charge on any atom is -0.507 e. The van der Waals surface area contributed by atoms with Crippen LogP contribution in [0.4, 0.5) is 0 Å². The Balaban J connectivity index is 2.05. The molecule has 0 saturated carbocycles. The summed E-state index contributed by atoms with van der Waals surface area (Å²) in [5.74, 6) is -0.00727. The number of likely N-dealkylation sites (tertiary alicyclic amines) is 1. The van der Waals surface area contributed by atoms with Gasteiger partial charge >= 0.3 is 0 Å². The van der Waals surface area contributed by atoms with Crippen molar-refractivity contribution < 1.29 is 9.90 Å². The van der Waals surface area contributed by atoms with Crippen molar-refractivity contribution in [1.82, 2.24) is 4.90 Å². The van der Waals surface area contributed by atoms with Crippen LogP contribution in [-0.4, -0.2) is 28.0 Å². The van der Waals surface area contributed by atoms with Crippen molar-refractivity contribution in [2.45, 2.75) is 32.2 Å². The molecular formula is C17H19NO2. The lowest BCUT2D eigenvalue weighted by molar-refractivity contribution is 0.0649. The first-order chi connectivity index (χ1) is 9.49. The third kappa shape index (κ3) is 2.03. The Hall–Kier alpha value is -2.03. The second-order valence-corrected chi connectivity index (χ2v) is 6.09. The van der Waals surface area contributed by atoms with Crippen LogP contribution in [0.1, 0.15) is 37.0 Å². The summed E-state index contributed by atoms with van der Waals surface area (Å²) >= 11 is 0. The lowest BCUT2D eigenvalue weighted by atomic mass is 10.00. The van der Waals surface area contributed by atoms with E-state index < -0.39 is 0 Å². The van der Waals surface area contributed by atoms with Gasteiger partial charge in [-0.15, -0.1) is 0 Å². The summed E-state index contributed by atoms with van der Waals surface area (Å²) in [7, 11) is 0. The Bertz CT molecular complexity index is 676. The van der Waals surface area contributed by atoms with Gasteiger partial charge in [0.15, 0.2) is 0 Å². The predicted octanol–water partition coefficient (Wildman–Crippen LogP) is 3.56. The average Bonchev–Trinajstić information content (AvgIpc) is 2.77. The van der Waals surface area contributed by atoms with Crippen molar-refractivity contribution in [3.63, 3.8) is 0 Å². The van der Waals surface area contributed by atoms with Crippen molar-refractivity contribution in [3.8, 4) is 5.75 Å². The number of amides is 1. The van der Waals surface area contributed by atoms with Crippen molar-refractivity contribution in [2.75, 3.05) is 6.54 Å². The highest BCUT2D eigenvalue weighted by Gasteiger charge is 2.36. The Morgan fingerprint density at radius 1 is 1.20 bits per heavy atom. The zero-order valence-electron chi connectivity index (χ0n) is 11.9. The lowest BCUT2D eigenvalue weighted by Gasteiger charge is -2.31. The summed E-state index contributed by atoms with van der Waals surface area (Å²) in [6.45, 7) is 4.92. The molecule has 0 aliphatic carbocycles. The molecule has 0 bridgehead atoms. The van der Waals surface area contributed by atoms with E-state index in [1.165, 1.54) is 0 Å². The topological polar surface area (TPSA) is 40.5 Å². The Morgan fingerprint density at radius 3 is 2.45 bits per heavy atom. The number of hydrogen-bond acceptors (Lipinski definition) is 2. The summed E-state index contributed by atoms with van der Waals surface area (Å²) in [4.78, 5) is 14.6. The number of hydrogen-bond donors (Lipinski definition) is 1. The van der Waals surface area contributed by atoms with Gasteiger partial charge in [-0.2, -0.15) is 0 Å². The average molecular weight is 269 g/mol. The van der Waals surface area contributed by atoms with E-state index in [1.807, 2.05) is 29.2 Å². The minimum atomic E-state index is -0.130. The smallest absolute Gasteiger partial charge is 0.258 e. The van der Waals surface area contributed by atoms with E-state index >= 15 is 0 Å². The molecule has 20 heavy (non-hydrogen) atoms. The van der Waals surface area contributed by atoms with Crippen LogP contribution < -0.4 is 0 Å². The number of carbonyl (C=O) groups is 1. The molecule has 3 nitrogen and oxygen atoms in total. The Kier molecular flexibility index (Phi) is 2.93. The zero-order valence-corrected chi connectivity index (χ0v) is 11.9. The molecule has 0 aromatic heterocycles. The molecule has 2 aromatic rings. The Morgan fingerprint density at radius 2 is 1.85 bits per heavy atom. The van der Waals surface area contributed by atoms with Crippen molar-refractivity contribution in [2.24, 2.45) is 0 Å². The molecule has 0 atom stereocenters. The van der Waals surface area contributed by atoms with Gasteiger partial charge in [0, 0.05) is 12.1 Å². The molecule has 0 radical (unpaired) electrons. The molecule has 1 fully saturated rings. The van der Waals surface area contributed by atoms with E-state index in [2.05, 4.69) is 13.8 Å². The molecule has 0 spiro atoms. The second-order valence-electron chi connectivity index (χ2n) is 6.09. The van der Waals surface area contributed by atoms with Crippen LogP contribution in [-0.2, 0) is 0 Å². The quantitative estimate of drug-likeness (QED) is 0.860. The molecule has 1 heterocycles. The van der Waals surface area contributed by atoms with Gasteiger partial charge in [-0.05, 0) is 49.6 Å². The van der Waals surface area contributed by atoms with Crippen LogP contribution in [0.3, 0.4) is 0 Å². The Labute approximate surface area is 118 Å². The highest BCUT2D eigenvalue weighted by molar-refractivity contribution is 6.01. The number of benzene rings is 2. The fourth-order valence-corrected chi connectivity index (χ4v) is 3.03. The molecule has 3 rings (SSSR count). The number of aromatic hydroxyl groups is 1. The molecule has 1 N–H and O–H groups in total. The van der Waals surface area contributed by atoms with Crippen molar-refractivity contribution in [3.05, 3.63) is 42.0 Å². The number of phenols is 1. The standard InChI is InChI=1S/C17H19NO2/c1-17(2)8-5-9-18(17)16(20)14-10-12-6-3-4-7-13(12)11-15(14)19/h3-4,6-7,10-11,19H,5,8-9H2,1-2H3. The van der Waals surface area contributed by atoms with Crippen LogP contribution in [0.2, 0.25) is 0 Å². The van der Waals surface area contributed by atoms with Gasteiger partial charge in [-0.25, -0.2) is 0 Å². The van der Waals surface area contributed by atoms with E-state index in [9.17, 15) is 9.90 Å².